The number of nitrogens with zero attached hydrogens (tertiary/aromatic N) is 1. The van der Waals surface area contributed by atoms with Crippen LogP contribution in [0.25, 0.3) is 0 Å². The molecule has 1 saturated carbocycles. The fraction of sp³-hybridized carbons (Fsp3) is 0.400. The monoisotopic (exact) mass is 449 g/mol. The molecule has 2 aliphatic rings. The number of benzene rings is 1. The minimum atomic E-state index is -3.66. The quantitative estimate of drug-likeness (QED) is 0.673. The summed E-state index contributed by atoms with van der Waals surface area (Å²) in [5.74, 6) is -0.231. The van der Waals surface area contributed by atoms with Crippen LogP contribution in [0.2, 0.25) is 0 Å². The molecule has 2 heterocycles. The lowest BCUT2D eigenvalue weighted by Gasteiger charge is -2.27. The fourth-order valence-corrected chi connectivity index (χ4v) is 5.64. The molecule has 1 aliphatic carbocycles. The van der Waals surface area contributed by atoms with Crippen LogP contribution >= 0.6 is 11.3 Å². The Morgan fingerprint density at radius 3 is 2.57 bits per heavy atom. The van der Waals surface area contributed by atoms with Gasteiger partial charge in [-0.3, -0.25) is 9.59 Å². The molecule has 2 aromatic rings. The molecule has 0 atom stereocenters. The van der Waals surface area contributed by atoms with Crippen molar-refractivity contribution in [1.82, 2.24) is 9.62 Å². The van der Waals surface area contributed by atoms with Gasteiger partial charge in [0.25, 0.3) is 5.91 Å². The fourth-order valence-electron chi connectivity index (χ4n) is 3.19. The van der Waals surface area contributed by atoms with E-state index in [1.807, 2.05) is 0 Å². The summed E-state index contributed by atoms with van der Waals surface area (Å²) in [4.78, 5) is 25.0. The molecule has 1 saturated heterocycles. The van der Waals surface area contributed by atoms with E-state index in [0.717, 1.165) is 12.8 Å². The number of sulfonamides is 1. The van der Waals surface area contributed by atoms with Crippen LogP contribution in [0.15, 0.2) is 41.3 Å². The SMILES string of the molecule is O=C(NCc1ccccc1S(=O)(=O)N1CCOCC1)c1ccc(NC(=O)C2CC2)s1. The van der Waals surface area contributed by atoms with E-state index < -0.39 is 10.0 Å². The number of rotatable bonds is 7. The second kappa shape index (κ2) is 8.84. The number of thiophene rings is 1. The summed E-state index contributed by atoms with van der Waals surface area (Å²) in [5.41, 5.74) is 0.524. The van der Waals surface area contributed by atoms with Gasteiger partial charge in [0.2, 0.25) is 15.9 Å². The van der Waals surface area contributed by atoms with Crippen LogP contribution in [-0.2, 0) is 26.1 Å². The zero-order chi connectivity index (χ0) is 21.1. The number of morpholine rings is 1. The third kappa shape index (κ3) is 4.72. The van der Waals surface area contributed by atoms with Crippen LogP contribution in [0.5, 0.6) is 0 Å². The minimum absolute atomic E-state index is 0.00828. The van der Waals surface area contributed by atoms with Gasteiger partial charge in [-0.05, 0) is 36.6 Å². The number of hydrogen-bond acceptors (Lipinski definition) is 6. The summed E-state index contributed by atoms with van der Waals surface area (Å²) in [6.45, 7) is 1.45. The summed E-state index contributed by atoms with van der Waals surface area (Å²) >= 11 is 1.20. The van der Waals surface area contributed by atoms with Gasteiger partial charge in [0.1, 0.15) is 0 Å². The predicted molar refractivity (Wildman–Crippen MR) is 113 cm³/mol. The molecule has 1 aromatic carbocycles. The molecule has 2 amide bonds. The zero-order valence-corrected chi connectivity index (χ0v) is 17.9. The highest BCUT2D eigenvalue weighted by Gasteiger charge is 2.30. The predicted octanol–water partition coefficient (Wildman–Crippen LogP) is 2.05. The van der Waals surface area contributed by atoms with Gasteiger partial charge in [0.05, 0.1) is 28.0 Å². The van der Waals surface area contributed by atoms with Crippen molar-refractivity contribution in [2.24, 2.45) is 5.92 Å². The van der Waals surface area contributed by atoms with Crippen molar-refractivity contribution in [3.05, 3.63) is 46.8 Å². The van der Waals surface area contributed by atoms with Crippen molar-refractivity contribution in [2.75, 3.05) is 31.6 Å². The minimum Gasteiger partial charge on any atom is -0.379 e. The Morgan fingerprint density at radius 1 is 1.10 bits per heavy atom. The largest absolute Gasteiger partial charge is 0.379 e. The van der Waals surface area contributed by atoms with Gasteiger partial charge in [0, 0.05) is 25.6 Å². The van der Waals surface area contributed by atoms with Crippen LogP contribution in [0.1, 0.15) is 28.1 Å². The summed E-state index contributed by atoms with van der Waals surface area (Å²) in [7, 11) is -3.66. The summed E-state index contributed by atoms with van der Waals surface area (Å²) in [6, 6.07) is 10.0. The van der Waals surface area contributed by atoms with Gasteiger partial charge in [-0.2, -0.15) is 4.31 Å². The maximum Gasteiger partial charge on any atom is 0.261 e. The number of carbonyl (C=O) groups is 2. The number of carbonyl (C=O) groups excluding carboxylic acids is 2. The average molecular weight is 450 g/mol. The third-order valence-corrected chi connectivity index (χ3v) is 8.02. The highest BCUT2D eigenvalue weighted by molar-refractivity contribution is 7.89. The van der Waals surface area contributed by atoms with E-state index >= 15 is 0 Å². The van der Waals surface area contributed by atoms with Gasteiger partial charge in [-0.1, -0.05) is 18.2 Å². The lowest BCUT2D eigenvalue weighted by atomic mass is 10.2. The molecule has 1 aromatic heterocycles. The van der Waals surface area contributed by atoms with Gasteiger partial charge in [0.15, 0.2) is 0 Å². The Hall–Kier alpha value is -2.27. The van der Waals surface area contributed by atoms with Gasteiger partial charge in [-0.25, -0.2) is 8.42 Å². The molecule has 1 aliphatic heterocycles. The Balaban J connectivity index is 1.42. The van der Waals surface area contributed by atoms with E-state index in [-0.39, 0.29) is 29.2 Å². The number of amides is 2. The summed E-state index contributed by atoms with van der Waals surface area (Å²) in [6.07, 6.45) is 1.83. The first kappa shape index (κ1) is 21.0. The number of hydrogen-bond donors (Lipinski definition) is 2. The van der Waals surface area contributed by atoms with Crippen molar-refractivity contribution in [1.29, 1.82) is 0 Å². The standard InChI is InChI=1S/C20H23N3O5S2/c24-19(14-5-6-14)22-18-8-7-16(29-18)20(25)21-13-15-3-1-2-4-17(15)30(26,27)23-9-11-28-12-10-23/h1-4,7-8,14H,5-6,9-13H2,(H,21,25)(H,22,24). The van der Waals surface area contributed by atoms with Crippen molar-refractivity contribution >= 4 is 38.2 Å². The van der Waals surface area contributed by atoms with E-state index in [0.29, 0.717) is 41.7 Å². The van der Waals surface area contributed by atoms with E-state index in [1.165, 1.54) is 15.6 Å². The maximum atomic E-state index is 13.0. The first-order valence-electron chi connectivity index (χ1n) is 9.80. The molecule has 4 rings (SSSR count). The number of ether oxygens (including phenoxy) is 1. The van der Waals surface area contributed by atoms with Gasteiger partial charge >= 0.3 is 0 Å². The molecule has 0 radical (unpaired) electrons. The number of nitrogens with one attached hydrogen (secondary N) is 2. The Bertz CT molecular complexity index is 1040. The molecule has 0 unspecified atom stereocenters. The normalized spacial score (nSPS) is 17.5. The number of anilines is 1. The second-order valence-electron chi connectivity index (χ2n) is 7.23. The van der Waals surface area contributed by atoms with Crippen molar-refractivity contribution in [3.8, 4) is 0 Å². The second-order valence-corrected chi connectivity index (χ2v) is 10.2. The van der Waals surface area contributed by atoms with Crippen molar-refractivity contribution in [2.45, 2.75) is 24.3 Å². The molecule has 8 nitrogen and oxygen atoms in total. The maximum absolute atomic E-state index is 13.0. The Kier molecular flexibility index (Phi) is 6.19. The molecule has 10 heteroatoms. The lowest BCUT2D eigenvalue weighted by molar-refractivity contribution is -0.117. The van der Waals surface area contributed by atoms with E-state index in [1.54, 1.807) is 36.4 Å². The molecule has 2 fully saturated rings. The third-order valence-electron chi connectivity index (χ3n) is 5.02. The van der Waals surface area contributed by atoms with Crippen LogP contribution in [-0.4, -0.2) is 50.8 Å². The first-order chi connectivity index (χ1) is 14.4. The Labute approximate surface area is 179 Å². The van der Waals surface area contributed by atoms with E-state index in [2.05, 4.69) is 10.6 Å². The van der Waals surface area contributed by atoms with Gasteiger partial charge < -0.3 is 15.4 Å². The topological polar surface area (TPSA) is 105 Å². The lowest BCUT2D eigenvalue weighted by Crippen LogP contribution is -2.41. The average Bonchev–Trinajstić information content (AvgIpc) is 3.52. The molecular weight excluding hydrogens is 426 g/mol. The van der Waals surface area contributed by atoms with Crippen LogP contribution < -0.4 is 10.6 Å². The van der Waals surface area contributed by atoms with Crippen molar-refractivity contribution < 1.29 is 22.7 Å². The van der Waals surface area contributed by atoms with E-state index in [9.17, 15) is 18.0 Å². The molecule has 0 spiro atoms. The zero-order valence-electron chi connectivity index (χ0n) is 16.3. The smallest absolute Gasteiger partial charge is 0.261 e. The van der Waals surface area contributed by atoms with Crippen LogP contribution in [0, 0.1) is 5.92 Å². The van der Waals surface area contributed by atoms with Crippen molar-refractivity contribution in [3.63, 3.8) is 0 Å². The Morgan fingerprint density at radius 2 is 1.83 bits per heavy atom. The molecular formula is C20H23N3O5S2. The highest BCUT2D eigenvalue weighted by Crippen LogP contribution is 2.31. The van der Waals surface area contributed by atoms with E-state index in [4.69, 9.17) is 4.74 Å². The van der Waals surface area contributed by atoms with Gasteiger partial charge in [-0.15, -0.1) is 11.3 Å². The van der Waals surface area contributed by atoms with Crippen LogP contribution in [0.4, 0.5) is 5.00 Å². The summed E-state index contributed by atoms with van der Waals surface area (Å²) in [5, 5.41) is 6.24. The molecule has 30 heavy (non-hydrogen) atoms. The first-order valence-corrected chi connectivity index (χ1v) is 12.1. The molecule has 2 N–H and O–H groups in total. The molecule has 0 bridgehead atoms. The van der Waals surface area contributed by atoms with Crippen LogP contribution in [0.3, 0.4) is 0 Å². The highest BCUT2D eigenvalue weighted by atomic mass is 32.2. The summed E-state index contributed by atoms with van der Waals surface area (Å²) < 4.78 is 32.7. The molecule has 160 valence electrons.